The Hall–Kier alpha value is -2.94. The summed E-state index contributed by atoms with van der Waals surface area (Å²) in [5.74, 6) is -0.398. The zero-order chi connectivity index (χ0) is 16.1. The maximum absolute atomic E-state index is 11.5. The summed E-state index contributed by atoms with van der Waals surface area (Å²) in [4.78, 5) is 22.1. The third kappa shape index (κ3) is 3.38. The number of aliphatic hydroxyl groups is 1. The molecule has 0 saturated carbocycles. The van der Waals surface area contributed by atoms with E-state index < -0.39 is 10.8 Å². The van der Waals surface area contributed by atoms with Gasteiger partial charge in [-0.25, -0.2) is 0 Å². The van der Waals surface area contributed by atoms with Crippen molar-refractivity contribution >= 4 is 23.0 Å². The monoisotopic (exact) mass is 305 g/mol. The maximum Gasteiger partial charge on any atom is 0.293 e. The van der Waals surface area contributed by atoms with Gasteiger partial charge >= 0.3 is 0 Å². The second kappa shape index (κ2) is 6.68. The van der Waals surface area contributed by atoms with Crippen LogP contribution < -0.4 is 10.6 Å². The van der Waals surface area contributed by atoms with Gasteiger partial charge in [-0.2, -0.15) is 5.10 Å². The first-order valence-corrected chi connectivity index (χ1v) is 6.46. The number of anilines is 2. The van der Waals surface area contributed by atoms with Crippen molar-refractivity contribution in [3.05, 3.63) is 46.3 Å². The van der Waals surface area contributed by atoms with Gasteiger partial charge in [0.1, 0.15) is 5.69 Å². The number of aliphatic hydroxyl groups excluding tert-OH is 1. The standard InChI is InChI=1S/C13H15N5O4/c1-14-13(20)9-2-3-11(12(6-9)18(21)22)16-10-7-15-17(8-10)4-5-19/h2-3,6-8,16,19H,4-5H2,1H3,(H,14,20). The number of rotatable bonds is 6. The van der Waals surface area contributed by atoms with E-state index in [1.54, 1.807) is 6.20 Å². The highest BCUT2D eigenvalue weighted by atomic mass is 16.6. The topological polar surface area (TPSA) is 122 Å². The molecule has 2 rings (SSSR count). The highest BCUT2D eigenvalue weighted by molar-refractivity contribution is 5.95. The molecule has 0 radical (unpaired) electrons. The van der Waals surface area contributed by atoms with Gasteiger partial charge in [-0.05, 0) is 12.1 Å². The number of hydrogen-bond acceptors (Lipinski definition) is 6. The molecular weight excluding hydrogens is 290 g/mol. The lowest BCUT2D eigenvalue weighted by Gasteiger charge is -2.06. The fraction of sp³-hybridized carbons (Fsp3) is 0.231. The largest absolute Gasteiger partial charge is 0.394 e. The smallest absolute Gasteiger partial charge is 0.293 e. The van der Waals surface area contributed by atoms with Crippen molar-refractivity contribution in [2.45, 2.75) is 6.54 Å². The molecule has 0 atom stereocenters. The van der Waals surface area contributed by atoms with E-state index in [4.69, 9.17) is 5.11 Å². The molecule has 0 saturated heterocycles. The van der Waals surface area contributed by atoms with E-state index >= 15 is 0 Å². The van der Waals surface area contributed by atoms with Crippen molar-refractivity contribution in [2.24, 2.45) is 0 Å². The number of carbonyl (C=O) groups excluding carboxylic acids is 1. The summed E-state index contributed by atoms with van der Waals surface area (Å²) in [6.45, 7) is 0.279. The van der Waals surface area contributed by atoms with Crippen LogP contribution in [0.25, 0.3) is 0 Å². The van der Waals surface area contributed by atoms with Crippen molar-refractivity contribution < 1.29 is 14.8 Å². The minimum atomic E-state index is -0.563. The first-order valence-electron chi connectivity index (χ1n) is 6.46. The third-order valence-corrected chi connectivity index (χ3v) is 2.93. The molecular formula is C13H15N5O4. The highest BCUT2D eigenvalue weighted by Gasteiger charge is 2.17. The van der Waals surface area contributed by atoms with Crippen molar-refractivity contribution in [2.75, 3.05) is 19.0 Å². The number of hydrogen-bond donors (Lipinski definition) is 3. The Kier molecular flexibility index (Phi) is 4.69. The van der Waals surface area contributed by atoms with E-state index in [2.05, 4.69) is 15.7 Å². The average Bonchev–Trinajstić information content (AvgIpc) is 2.94. The lowest BCUT2D eigenvalue weighted by Crippen LogP contribution is -2.17. The summed E-state index contributed by atoms with van der Waals surface area (Å²) in [5, 5.41) is 29.3. The highest BCUT2D eigenvalue weighted by Crippen LogP contribution is 2.28. The normalized spacial score (nSPS) is 10.3. The number of nitrogens with zero attached hydrogens (tertiary/aromatic N) is 3. The van der Waals surface area contributed by atoms with Gasteiger partial charge in [-0.15, -0.1) is 0 Å². The minimum Gasteiger partial charge on any atom is -0.394 e. The number of nitrogens with one attached hydrogen (secondary N) is 2. The van der Waals surface area contributed by atoms with E-state index in [1.165, 1.54) is 36.1 Å². The van der Waals surface area contributed by atoms with Gasteiger partial charge in [-0.1, -0.05) is 0 Å². The van der Waals surface area contributed by atoms with Crippen LogP contribution >= 0.6 is 0 Å². The number of amides is 1. The number of nitro groups is 1. The number of benzene rings is 1. The number of aromatic nitrogens is 2. The predicted molar refractivity (Wildman–Crippen MR) is 79.1 cm³/mol. The van der Waals surface area contributed by atoms with Crippen LogP contribution in [0.1, 0.15) is 10.4 Å². The molecule has 22 heavy (non-hydrogen) atoms. The predicted octanol–water partition coefficient (Wildman–Crippen LogP) is 0.887. The molecule has 1 aromatic carbocycles. The molecule has 1 aromatic heterocycles. The summed E-state index contributed by atoms with van der Waals surface area (Å²) < 4.78 is 1.51. The van der Waals surface area contributed by atoms with Gasteiger partial charge in [0.25, 0.3) is 11.6 Å². The van der Waals surface area contributed by atoms with Gasteiger partial charge in [0, 0.05) is 24.9 Å². The van der Waals surface area contributed by atoms with Crippen LogP contribution in [-0.4, -0.2) is 39.4 Å². The molecule has 0 aliphatic rings. The lowest BCUT2D eigenvalue weighted by atomic mass is 10.1. The zero-order valence-corrected chi connectivity index (χ0v) is 11.8. The molecule has 3 N–H and O–H groups in total. The van der Waals surface area contributed by atoms with Crippen LogP contribution in [0.4, 0.5) is 17.1 Å². The van der Waals surface area contributed by atoms with E-state index in [-0.39, 0.29) is 23.5 Å². The molecule has 0 aliphatic heterocycles. The van der Waals surface area contributed by atoms with Crippen LogP contribution in [0.3, 0.4) is 0 Å². The Balaban J connectivity index is 2.29. The molecule has 0 unspecified atom stereocenters. The Morgan fingerprint density at radius 1 is 1.50 bits per heavy atom. The van der Waals surface area contributed by atoms with Gasteiger partial charge < -0.3 is 15.7 Å². The van der Waals surface area contributed by atoms with E-state index in [9.17, 15) is 14.9 Å². The maximum atomic E-state index is 11.5. The number of nitro benzene ring substituents is 1. The minimum absolute atomic E-state index is 0.0535. The third-order valence-electron chi connectivity index (χ3n) is 2.93. The van der Waals surface area contributed by atoms with E-state index in [1.807, 2.05) is 0 Å². The Bertz CT molecular complexity index is 697. The Morgan fingerprint density at radius 2 is 2.27 bits per heavy atom. The SMILES string of the molecule is CNC(=O)c1ccc(Nc2cnn(CCO)c2)c([N+](=O)[O-])c1. The first kappa shape index (κ1) is 15.4. The van der Waals surface area contributed by atoms with Crippen molar-refractivity contribution in [1.82, 2.24) is 15.1 Å². The summed E-state index contributed by atoms with van der Waals surface area (Å²) >= 11 is 0. The Morgan fingerprint density at radius 3 is 2.91 bits per heavy atom. The van der Waals surface area contributed by atoms with Crippen LogP contribution in [-0.2, 0) is 6.54 Å². The van der Waals surface area contributed by atoms with Gasteiger partial charge in [-0.3, -0.25) is 19.6 Å². The summed E-state index contributed by atoms with van der Waals surface area (Å²) in [6, 6.07) is 4.16. The molecule has 1 amide bonds. The number of carbonyl (C=O) groups is 1. The molecule has 2 aromatic rings. The molecule has 9 heteroatoms. The van der Waals surface area contributed by atoms with Crippen molar-refractivity contribution in [3.63, 3.8) is 0 Å². The van der Waals surface area contributed by atoms with E-state index in [0.29, 0.717) is 12.2 Å². The summed E-state index contributed by atoms with van der Waals surface area (Å²) in [7, 11) is 1.45. The lowest BCUT2D eigenvalue weighted by molar-refractivity contribution is -0.383. The van der Waals surface area contributed by atoms with Crippen LogP contribution in [0.2, 0.25) is 0 Å². The quantitative estimate of drug-likeness (QED) is 0.538. The van der Waals surface area contributed by atoms with Crippen molar-refractivity contribution in [3.8, 4) is 0 Å². The second-order valence-electron chi connectivity index (χ2n) is 4.41. The molecule has 0 spiro atoms. The van der Waals surface area contributed by atoms with Gasteiger partial charge in [0.2, 0.25) is 0 Å². The fourth-order valence-electron chi connectivity index (χ4n) is 1.88. The second-order valence-corrected chi connectivity index (χ2v) is 4.41. The van der Waals surface area contributed by atoms with Gasteiger partial charge in [0.15, 0.2) is 0 Å². The summed E-state index contributed by atoms with van der Waals surface area (Å²) in [5.41, 5.74) is 0.789. The van der Waals surface area contributed by atoms with Crippen LogP contribution in [0.5, 0.6) is 0 Å². The molecule has 0 bridgehead atoms. The van der Waals surface area contributed by atoms with Crippen LogP contribution in [0, 0.1) is 10.1 Å². The summed E-state index contributed by atoms with van der Waals surface area (Å²) in [6.07, 6.45) is 3.11. The molecule has 0 fully saturated rings. The molecule has 9 nitrogen and oxygen atoms in total. The van der Waals surface area contributed by atoms with Gasteiger partial charge in [0.05, 0.1) is 30.0 Å². The van der Waals surface area contributed by atoms with Crippen molar-refractivity contribution in [1.29, 1.82) is 0 Å². The Labute approximate surface area is 125 Å². The first-order chi connectivity index (χ1) is 10.5. The zero-order valence-electron chi connectivity index (χ0n) is 11.8. The van der Waals surface area contributed by atoms with E-state index in [0.717, 1.165) is 0 Å². The molecule has 0 aliphatic carbocycles. The molecule has 116 valence electrons. The average molecular weight is 305 g/mol. The fourth-order valence-corrected chi connectivity index (χ4v) is 1.88. The van der Waals surface area contributed by atoms with Crippen LogP contribution in [0.15, 0.2) is 30.6 Å². The molecule has 1 heterocycles.